The molecular weight excluding hydrogens is 278 g/mol. The molecule has 0 bridgehead atoms. The third-order valence-electron chi connectivity index (χ3n) is 1.27. The smallest absolute Gasteiger partial charge is 0.356 e. The Kier molecular flexibility index (Phi) is 9.15. The van der Waals surface area contributed by atoms with Crippen LogP contribution >= 0.6 is 0 Å². The van der Waals surface area contributed by atoms with Crippen LogP contribution < -0.4 is 5.32 Å². The van der Waals surface area contributed by atoms with Crippen molar-refractivity contribution in [1.82, 2.24) is 5.32 Å². The lowest BCUT2D eigenvalue weighted by Gasteiger charge is -1.80. The number of rotatable bonds is 1. The fourth-order valence-electron chi connectivity index (χ4n) is 0.565. The van der Waals surface area contributed by atoms with Crippen molar-refractivity contribution in [1.29, 1.82) is 0 Å². The summed E-state index contributed by atoms with van der Waals surface area (Å²) in [4.78, 5) is 10.1. The number of carbonyl (C=O) groups is 1. The topological polar surface area (TPSA) is 158 Å². The standard InChI is InChI=1S/C4H7NO.C2H6O3S.H2O4S/c6-4-2-1-3-5-4;1-2-6(3,4)5;1-5(2,3)4/h1-3H2,(H,5,6);2H2,1H3,(H,3,4,5);(H2,1,2,3,4). The SMILES string of the molecule is CCS(=O)(=O)O.O=C1CCCN1.O=S(=O)(O)O. The second kappa shape index (κ2) is 8.36. The van der Waals surface area contributed by atoms with Crippen molar-refractivity contribution in [2.24, 2.45) is 0 Å². The Labute approximate surface area is 99.5 Å². The fourth-order valence-corrected chi connectivity index (χ4v) is 0.565. The van der Waals surface area contributed by atoms with E-state index in [2.05, 4.69) is 5.32 Å². The van der Waals surface area contributed by atoms with E-state index >= 15 is 0 Å². The molecular formula is C6H15NO8S2. The monoisotopic (exact) mass is 293 g/mol. The lowest BCUT2D eigenvalue weighted by molar-refractivity contribution is -0.119. The lowest BCUT2D eigenvalue weighted by Crippen LogP contribution is -2.12. The minimum atomic E-state index is -4.67. The van der Waals surface area contributed by atoms with E-state index in [-0.39, 0.29) is 11.7 Å². The molecule has 104 valence electrons. The van der Waals surface area contributed by atoms with E-state index in [1.807, 2.05) is 0 Å². The predicted molar refractivity (Wildman–Crippen MR) is 58.5 cm³/mol. The van der Waals surface area contributed by atoms with E-state index in [1.165, 1.54) is 6.92 Å². The number of hydrogen-bond acceptors (Lipinski definition) is 5. The van der Waals surface area contributed by atoms with Crippen LogP contribution in [0.5, 0.6) is 0 Å². The van der Waals surface area contributed by atoms with Gasteiger partial charge in [-0.1, -0.05) is 0 Å². The molecule has 1 amide bonds. The Balaban J connectivity index is 0. The molecule has 0 saturated carbocycles. The van der Waals surface area contributed by atoms with Crippen LogP contribution in [0.25, 0.3) is 0 Å². The van der Waals surface area contributed by atoms with Gasteiger partial charge in [0.05, 0.1) is 5.75 Å². The second-order valence-corrected chi connectivity index (χ2v) is 5.41. The highest BCUT2D eigenvalue weighted by Crippen LogP contribution is 1.93. The maximum atomic E-state index is 10.1. The average Bonchev–Trinajstić information content (AvgIpc) is 2.52. The number of nitrogens with one attached hydrogen (secondary N) is 1. The van der Waals surface area contributed by atoms with Gasteiger partial charge in [0.15, 0.2) is 0 Å². The summed E-state index contributed by atoms with van der Waals surface area (Å²) in [5, 5.41) is 2.68. The maximum Gasteiger partial charge on any atom is 0.394 e. The zero-order valence-corrected chi connectivity index (χ0v) is 10.7. The van der Waals surface area contributed by atoms with Crippen LogP contribution in [-0.2, 0) is 25.3 Å². The van der Waals surface area contributed by atoms with Gasteiger partial charge in [-0.25, -0.2) is 0 Å². The van der Waals surface area contributed by atoms with Gasteiger partial charge < -0.3 is 5.32 Å². The predicted octanol–water partition coefficient (Wildman–Crippen LogP) is -0.862. The van der Waals surface area contributed by atoms with E-state index in [1.54, 1.807) is 0 Å². The zero-order chi connectivity index (χ0) is 14.1. The highest BCUT2D eigenvalue weighted by Gasteiger charge is 2.05. The molecule has 11 heteroatoms. The lowest BCUT2D eigenvalue weighted by atomic mass is 10.4. The van der Waals surface area contributed by atoms with E-state index in [4.69, 9.17) is 22.1 Å². The van der Waals surface area contributed by atoms with Crippen LogP contribution in [0.4, 0.5) is 0 Å². The summed E-state index contributed by atoms with van der Waals surface area (Å²) >= 11 is 0. The van der Waals surface area contributed by atoms with E-state index < -0.39 is 20.5 Å². The summed E-state index contributed by atoms with van der Waals surface area (Å²) in [5.41, 5.74) is 0. The molecule has 4 N–H and O–H groups in total. The van der Waals surface area contributed by atoms with Crippen molar-refractivity contribution >= 4 is 26.4 Å². The minimum absolute atomic E-state index is 0.201. The Hall–Kier alpha value is -0.750. The minimum Gasteiger partial charge on any atom is -0.356 e. The van der Waals surface area contributed by atoms with E-state index in [9.17, 15) is 13.2 Å². The first-order valence-corrected chi connectivity index (χ1v) is 7.38. The van der Waals surface area contributed by atoms with Gasteiger partial charge in [0.25, 0.3) is 10.1 Å². The molecule has 0 atom stereocenters. The second-order valence-electron chi connectivity index (χ2n) is 2.77. The normalized spacial score (nSPS) is 14.9. The van der Waals surface area contributed by atoms with Gasteiger partial charge in [-0.15, -0.1) is 0 Å². The number of amides is 1. The Bertz CT molecular complexity index is 395. The Morgan fingerprint density at radius 1 is 1.18 bits per heavy atom. The highest BCUT2D eigenvalue weighted by molar-refractivity contribution is 7.85. The van der Waals surface area contributed by atoms with Gasteiger partial charge in [-0.05, 0) is 13.3 Å². The summed E-state index contributed by atoms with van der Waals surface area (Å²) in [7, 11) is -8.33. The van der Waals surface area contributed by atoms with Crippen LogP contribution in [0.2, 0.25) is 0 Å². The van der Waals surface area contributed by atoms with Crippen molar-refractivity contribution in [2.45, 2.75) is 19.8 Å². The van der Waals surface area contributed by atoms with Crippen LogP contribution in [0, 0.1) is 0 Å². The molecule has 1 saturated heterocycles. The molecule has 1 aliphatic rings. The van der Waals surface area contributed by atoms with Crippen molar-refractivity contribution in [3.05, 3.63) is 0 Å². The molecule has 0 aliphatic carbocycles. The fraction of sp³-hybridized carbons (Fsp3) is 0.833. The van der Waals surface area contributed by atoms with Crippen molar-refractivity contribution < 1.29 is 35.3 Å². The summed E-state index contributed by atoms with van der Waals surface area (Å²) in [6.07, 6.45) is 1.76. The zero-order valence-electron chi connectivity index (χ0n) is 9.03. The summed E-state index contributed by atoms with van der Waals surface area (Å²) in [6.45, 7) is 2.26. The Morgan fingerprint density at radius 3 is 1.59 bits per heavy atom. The largest absolute Gasteiger partial charge is 0.394 e. The van der Waals surface area contributed by atoms with Crippen LogP contribution in [0.15, 0.2) is 0 Å². The van der Waals surface area contributed by atoms with E-state index in [0.717, 1.165) is 19.4 Å². The number of carbonyl (C=O) groups excluding carboxylic acids is 1. The molecule has 1 heterocycles. The van der Waals surface area contributed by atoms with Crippen LogP contribution in [0.1, 0.15) is 19.8 Å². The van der Waals surface area contributed by atoms with Gasteiger partial charge in [-0.2, -0.15) is 16.8 Å². The van der Waals surface area contributed by atoms with Gasteiger partial charge in [0.1, 0.15) is 0 Å². The maximum absolute atomic E-state index is 10.1. The van der Waals surface area contributed by atoms with Crippen molar-refractivity contribution in [2.75, 3.05) is 12.3 Å². The molecule has 0 unspecified atom stereocenters. The quantitative estimate of drug-likeness (QED) is 0.454. The first-order chi connectivity index (χ1) is 7.45. The van der Waals surface area contributed by atoms with Crippen molar-refractivity contribution in [3.8, 4) is 0 Å². The molecule has 0 aromatic carbocycles. The number of hydrogen-bond donors (Lipinski definition) is 4. The summed E-state index contributed by atoms with van der Waals surface area (Å²) in [5.74, 6) is 0.00231. The molecule has 1 rings (SSSR count). The molecule has 0 aromatic rings. The highest BCUT2D eigenvalue weighted by atomic mass is 32.3. The van der Waals surface area contributed by atoms with Gasteiger partial charge >= 0.3 is 10.4 Å². The average molecular weight is 293 g/mol. The molecule has 0 radical (unpaired) electrons. The van der Waals surface area contributed by atoms with Crippen LogP contribution in [-0.4, -0.2) is 48.7 Å². The first-order valence-electron chi connectivity index (χ1n) is 4.37. The van der Waals surface area contributed by atoms with E-state index in [0.29, 0.717) is 0 Å². The molecule has 9 nitrogen and oxygen atoms in total. The van der Waals surface area contributed by atoms with Gasteiger partial charge in [0.2, 0.25) is 5.91 Å². The first kappa shape index (κ1) is 18.6. The molecule has 17 heavy (non-hydrogen) atoms. The molecule has 0 spiro atoms. The summed E-state index contributed by atoms with van der Waals surface area (Å²) in [6, 6.07) is 0. The summed E-state index contributed by atoms with van der Waals surface area (Å²) < 4.78 is 58.5. The third kappa shape index (κ3) is 31.3. The molecule has 0 aromatic heterocycles. The van der Waals surface area contributed by atoms with Gasteiger partial charge in [-0.3, -0.25) is 18.5 Å². The molecule has 1 aliphatic heterocycles. The Morgan fingerprint density at radius 2 is 1.53 bits per heavy atom. The van der Waals surface area contributed by atoms with Crippen molar-refractivity contribution in [3.63, 3.8) is 0 Å². The van der Waals surface area contributed by atoms with Gasteiger partial charge in [0, 0.05) is 13.0 Å². The molecule has 1 fully saturated rings. The van der Waals surface area contributed by atoms with Crippen LogP contribution in [0.3, 0.4) is 0 Å². The third-order valence-corrected chi connectivity index (χ3v) is 2.00.